The molecule has 0 aromatic heterocycles. The zero-order valence-electron chi connectivity index (χ0n) is 10.5. The van der Waals surface area contributed by atoms with Crippen molar-refractivity contribution in [3.63, 3.8) is 0 Å². The van der Waals surface area contributed by atoms with E-state index < -0.39 is 16.9 Å². The molecule has 20 heavy (non-hydrogen) atoms. The molecular formula is C12H11F3N2O3. The van der Waals surface area contributed by atoms with Gasteiger partial charge >= 0.3 is 6.18 Å². The van der Waals surface area contributed by atoms with E-state index in [1.54, 1.807) is 13.0 Å². The van der Waals surface area contributed by atoms with E-state index in [1.807, 2.05) is 0 Å². The molecule has 0 bridgehead atoms. The minimum Gasteiger partial charge on any atom is -0.467 e. The van der Waals surface area contributed by atoms with Crippen molar-refractivity contribution in [2.75, 3.05) is 6.73 Å². The second kappa shape index (κ2) is 5.03. The van der Waals surface area contributed by atoms with Crippen LogP contribution < -0.4 is 0 Å². The summed E-state index contributed by atoms with van der Waals surface area (Å²) in [5.41, 5.74) is 1.13. The molecule has 5 nitrogen and oxygen atoms in total. The van der Waals surface area contributed by atoms with Crippen molar-refractivity contribution in [1.29, 1.82) is 0 Å². The maximum Gasteiger partial charge on any atom is 0.450 e. The third kappa shape index (κ3) is 3.01. The maximum absolute atomic E-state index is 12.4. The highest BCUT2D eigenvalue weighted by Gasteiger charge is 2.39. The molecule has 108 valence electrons. The van der Waals surface area contributed by atoms with Gasteiger partial charge in [-0.3, -0.25) is 10.1 Å². The Kier molecular flexibility index (Phi) is 3.56. The number of hydrogen-bond acceptors (Lipinski definition) is 4. The number of ether oxygens (including phenoxy) is 1. The van der Waals surface area contributed by atoms with Gasteiger partial charge in [-0.25, -0.2) is 0 Å². The highest BCUT2D eigenvalue weighted by atomic mass is 19.4. The Balaban J connectivity index is 2.11. The van der Waals surface area contributed by atoms with Gasteiger partial charge in [0.15, 0.2) is 6.73 Å². The van der Waals surface area contributed by atoms with Gasteiger partial charge in [-0.1, -0.05) is 6.07 Å². The highest BCUT2D eigenvalue weighted by molar-refractivity contribution is 5.41. The smallest absolute Gasteiger partial charge is 0.450 e. The highest BCUT2D eigenvalue weighted by Crippen LogP contribution is 2.30. The monoisotopic (exact) mass is 288 g/mol. The minimum atomic E-state index is -4.50. The lowest BCUT2D eigenvalue weighted by atomic mass is 10.1. The first kappa shape index (κ1) is 14.2. The van der Waals surface area contributed by atoms with Crippen LogP contribution in [0.15, 0.2) is 30.2 Å². The third-order valence-corrected chi connectivity index (χ3v) is 2.81. The lowest BCUT2D eigenvalue weighted by molar-refractivity contribution is -0.385. The summed E-state index contributed by atoms with van der Waals surface area (Å²) in [5, 5.41) is 10.7. The Morgan fingerprint density at radius 1 is 1.45 bits per heavy atom. The van der Waals surface area contributed by atoms with Gasteiger partial charge in [0.1, 0.15) is 0 Å². The van der Waals surface area contributed by atoms with E-state index in [4.69, 9.17) is 0 Å². The summed E-state index contributed by atoms with van der Waals surface area (Å²) < 4.78 is 41.7. The van der Waals surface area contributed by atoms with Crippen LogP contribution in [0.3, 0.4) is 0 Å². The molecule has 1 aromatic rings. The van der Waals surface area contributed by atoms with E-state index in [0.29, 0.717) is 11.1 Å². The van der Waals surface area contributed by atoms with Crippen LogP contribution in [-0.4, -0.2) is 22.7 Å². The summed E-state index contributed by atoms with van der Waals surface area (Å²) in [6.07, 6.45) is -3.60. The fraction of sp³-hybridized carbons (Fsp3) is 0.333. The zero-order valence-corrected chi connectivity index (χ0v) is 10.5. The first-order chi connectivity index (χ1) is 9.27. The molecule has 2 rings (SSSR count). The van der Waals surface area contributed by atoms with Gasteiger partial charge in [-0.05, 0) is 18.6 Å². The molecule has 0 spiro atoms. The van der Waals surface area contributed by atoms with Crippen molar-refractivity contribution in [1.82, 2.24) is 4.90 Å². The van der Waals surface area contributed by atoms with Crippen molar-refractivity contribution in [2.24, 2.45) is 0 Å². The first-order valence-electron chi connectivity index (χ1n) is 5.67. The molecule has 0 atom stereocenters. The lowest BCUT2D eigenvalue weighted by Crippen LogP contribution is -2.14. The van der Waals surface area contributed by atoms with Gasteiger partial charge in [0, 0.05) is 18.2 Å². The normalized spacial score (nSPS) is 15.0. The van der Waals surface area contributed by atoms with Crippen molar-refractivity contribution in [3.05, 3.63) is 51.4 Å². The number of allylic oxidation sites excluding steroid dienone is 1. The predicted molar refractivity (Wildman–Crippen MR) is 63.5 cm³/mol. The van der Waals surface area contributed by atoms with Gasteiger partial charge < -0.3 is 9.64 Å². The molecular weight excluding hydrogens is 277 g/mol. The van der Waals surface area contributed by atoms with Gasteiger partial charge in [-0.2, -0.15) is 13.2 Å². The number of benzene rings is 1. The standard InChI is InChI=1S/C12H11F3N2O3/c1-8-4-9(2-3-10(8)17(18)19)5-16-6-11(20-7-16)12(13,14)15/h2-4,6H,5,7H2,1H3. The van der Waals surface area contributed by atoms with Crippen LogP contribution in [0.2, 0.25) is 0 Å². The molecule has 1 aliphatic heterocycles. The van der Waals surface area contributed by atoms with Crippen LogP contribution in [0.4, 0.5) is 18.9 Å². The summed E-state index contributed by atoms with van der Waals surface area (Å²) in [6, 6.07) is 4.44. The van der Waals surface area contributed by atoms with E-state index in [2.05, 4.69) is 4.74 Å². The first-order valence-corrected chi connectivity index (χ1v) is 5.67. The number of nitrogens with zero attached hydrogens (tertiary/aromatic N) is 2. The van der Waals surface area contributed by atoms with Crippen molar-refractivity contribution in [3.8, 4) is 0 Å². The van der Waals surface area contributed by atoms with Crippen LogP contribution in [0.5, 0.6) is 0 Å². The largest absolute Gasteiger partial charge is 0.467 e. The van der Waals surface area contributed by atoms with Crippen molar-refractivity contribution < 1.29 is 22.8 Å². The molecule has 0 unspecified atom stereocenters. The number of rotatable bonds is 3. The minimum absolute atomic E-state index is 0.0158. The number of alkyl halides is 3. The topological polar surface area (TPSA) is 55.6 Å². The molecule has 0 saturated heterocycles. The van der Waals surface area contributed by atoms with E-state index in [1.165, 1.54) is 17.0 Å². The molecule has 1 heterocycles. The summed E-state index contributed by atoms with van der Waals surface area (Å²) in [4.78, 5) is 11.5. The molecule has 8 heteroatoms. The average Bonchev–Trinajstić information content (AvgIpc) is 2.76. The molecule has 0 amide bonds. The molecule has 0 saturated carbocycles. The van der Waals surface area contributed by atoms with E-state index >= 15 is 0 Å². The van der Waals surface area contributed by atoms with Gasteiger partial charge in [0.2, 0.25) is 5.76 Å². The van der Waals surface area contributed by atoms with Crippen LogP contribution in [-0.2, 0) is 11.3 Å². The van der Waals surface area contributed by atoms with E-state index in [9.17, 15) is 23.3 Å². The molecule has 1 aromatic carbocycles. The van der Waals surface area contributed by atoms with Crippen molar-refractivity contribution in [2.45, 2.75) is 19.6 Å². The predicted octanol–water partition coefficient (Wildman–Crippen LogP) is 3.10. The SMILES string of the molecule is Cc1cc(CN2C=C(C(F)(F)F)OC2)ccc1[N+](=O)[O-]. The van der Waals surface area contributed by atoms with Crippen LogP contribution in [0, 0.1) is 17.0 Å². The van der Waals surface area contributed by atoms with Gasteiger partial charge in [-0.15, -0.1) is 0 Å². The Hall–Kier alpha value is -2.25. The Morgan fingerprint density at radius 2 is 2.15 bits per heavy atom. The number of nitro groups is 1. The van der Waals surface area contributed by atoms with Crippen LogP contribution in [0.25, 0.3) is 0 Å². The molecule has 0 fully saturated rings. The summed E-state index contributed by atoms with van der Waals surface area (Å²) in [5.74, 6) is -1.03. The number of nitro benzene ring substituents is 1. The molecule has 0 aliphatic carbocycles. The van der Waals surface area contributed by atoms with E-state index in [0.717, 1.165) is 6.20 Å². The fourth-order valence-corrected chi connectivity index (χ4v) is 1.89. The summed E-state index contributed by atoms with van der Waals surface area (Å²) >= 11 is 0. The Labute approximate surface area is 112 Å². The number of hydrogen-bond donors (Lipinski definition) is 0. The average molecular weight is 288 g/mol. The van der Waals surface area contributed by atoms with E-state index in [-0.39, 0.29) is 19.0 Å². The second-order valence-electron chi connectivity index (χ2n) is 4.39. The van der Waals surface area contributed by atoms with Gasteiger partial charge in [0.25, 0.3) is 5.69 Å². The quantitative estimate of drug-likeness (QED) is 0.633. The van der Waals surface area contributed by atoms with Crippen molar-refractivity contribution >= 4 is 5.69 Å². The second-order valence-corrected chi connectivity index (χ2v) is 4.39. The zero-order chi connectivity index (χ0) is 14.9. The summed E-state index contributed by atoms with van der Waals surface area (Å²) in [6.45, 7) is 1.59. The maximum atomic E-state index is 12.4. The fourth-order valence-electron chi connectivity index (χ4n) is 1.89. The van der Waals surface area contributed by atoms with Crippen LogP contribution in [0.1, 0.15) is 11.1 Å². The Morgan fingerprint density at radius 3 is 2.65 bits per heavy atom. The third-order valence-electron chi connectivity index (χ3n) is 2.81. The number of aryl methyl sites for hydroxylation is 1. The van der Waals surface area contributed by atoms with Gasteiger partial charge in [0.05, 0.1) is 11.1 Å². The molecule has 1 aliphatic rings. The number of halogens is 3. The molecule has 0 N–H and O–H groups in total. The van der Waals surface area contributed by atoms with Crippen LogP contribution >= 0.6 is 0 Å². The Bertz CT molecular complexity index is 570. The lowest BCUT2D eigenvalue weighted by Gasteiger charge is -2.13. The summed E-state index contributed by atoms with van der Waals surface area (Å²) in [7, 11) is 0. The molecule has 0 radical (unpaired) electrons.